The topological polar surface area (TPSA) is 29.5 Å². The quantitative estimate of drug-likeness (QED) is 0.139. The molecule has 0 bridgehead atoms. The van der Waals surface area contributed by atoms with Gasteiger partial charge in [0.05, 0.1) is 6.61 Å². The van der Waals surface area contributed by atoms with Crippen LogP contribution in [0.3, 0.4) is 0 Å². The fourth-order valence-corrected chi connectivity index (χ4v) is 3.66. The maximum absolute atomic E-state index is 12.5. The Kier molecular flexibility index (Phi) is 21.8. The number of hydrogen-bond donors (Lipinski definition) is 0. The maximum Gasteiger partial charge on any atom is 0.409 e. The predicted molar refractivity (Wildman–Crippen MR) is 122 cm³/mol. The number of ether oxygens (including phenoxy) is 1. The van der Waals surface area contributed by atoms with Crippen molar-refractivity contribution in [3.63, 3.8) is 0 Å². The van der Waals surface area contributed by atoms with Gasteiger partial charge in [0.15, 0.2) is 0 Å². The SMILES string of the molecule is CCCCCCCCN(CCCCCCCC)C(=O)OCCCCCCBr. The van der Waals surface area contributed by atoms with Crippen LogP contribution in [0.1, 0.15) is 117 Å². The van der Waals surface area contributed by atoms with E-state index in [1.54, 1.807) is 0 Å². The molecule has 0 aliphatic heterocycles. The van der Waals surface area contributed by atoms with Crippen LogP contribution in [-0.2, 0) is 4.74 Å². The Morgan fingerprint density at radius 3 is 1.63 bits per heavy atom. The lowest BCUT2D eigenvalue weighted by molar-refractivity contribution is 0.0990. The summed E-state index contributed by atoms with van der Waals surface area (Å²) in [6.07, 6.45) is 19.6. The molecule has 1 amide bonds. The highest BCUT2D eigenvalue weighted by molar-refractivity contribution is 9.09. The van der Waals surface area contributed by atoms with Crippen molar-refractivity contribution in [1.29, 1.82) is 0 Å². The van der Waals surface area contributed by atoms with Crippen molar-refractivity contribution in [2.75, 3.05) is 25.0 Å². The number of carbonyl (C=O) groups excluding carboxylic acids is 1. The number of halogens is 1. The molecule has 4 heteroatoms. The molecule has 0 rings (SSSR count). The minimum Gasteiger partial charge on any atom is -0.449 e. The van der Waals surface area contributed by atoms with E-state index in [0.717, 1.165) is 44.1 Å². The number of hydrogen-bond acceptors (Lipinski definition) is 2. The van der Waals surface area contributed by atoms with Crippen LogP contribution in [0, 0.1) is 0 Å². The van der Waals surface area contributed by atoms with Crippen molar-refractivity contribution in [2.24, 2.45) is 0 Å². The van der Waals surface area contributed by atoms with Gasteiger partial charge in [0.2, 0.25) is 0 Å². The van der Waals surface area contributed by atoms with Crippen LogP contribution in [0.15, 0.2) is 0 Å². The van der Waals surface area contributed by atoms with Gasteiger partial charge in [-0.15, -0.1) is 0 Å². The molecular weight excluding hydrogens is 402 g/mol. The second-order valence-electron chi connectivity index (χ2n) is 7.74. The van der Waals surface area contributed by atoms with Crippen molar-refractivity contribution >= 4 is 22.0 Å². The Hall–Kier alpha value is -0.250. The Balaban J connectivity index is 4.02. The lowest BCUT2D eigenvalue weighted by atomic mass is 10.1. The molecule has 0 aromatic carbocycles. The third-order valence-corrected chi connectivity index (χ3v) is 5.64. The molecule has 0 spiro atoms. The normalized spacial score (nSPS) is 10.9. The summed E-state index contributed by atoms with van der Waals surface area (Å²) in [4.78, 5) is 14.4. The molecule has 0 saturated carbocycles. The summed E-state index contributed by atoms with van der Waals surface area (Å²) >= 11 is 3.46. The molecule has 0 atom stereocenters. The van der Waals surface area contributed by atoms with E-state index in [0.29, 0.717) is 6.61 Å². The zero-order valence-corrected chi connectivity index (χ0v) is 19.9. The van der Waals surface area contributed by atoms with Gasteiger partial charge in [0.1, 0.15) is 0 Å². The van der Waals surface area contributed by atoms with Gasteiger partial charge in [-0.2, -0.15) is 0 Å². The van der Waals surface area contributed by atoms with Gasteiger partial charge in [0.25, 0.3) is 0 Å². The van der Waals surface area contributed by atoms with Gasteiger partial charge in [-0.3, -0.25) is 0 Å². The maximum atomic E-state index is 12.5. The van der Waals surface area contributed by atoms with E-state index in [1.807, 2.05) is 4.90 Å². The summed E-state index contributed by atoms with van der Waals surface area (Å²) in [5, 5.41) is 1.07. The first-order chi connectivity index (χ1) is 13.3. The standard InChI is InChI=1S/C23H46BrNO2/c1-3-5-7-9-12-16-20-25(21-17-13-10-8-6-4-2)23(26)27-22-18-14-11-15-19-24/h3-22H2,1-2H3. The van der Waals surface area contributed by atoms with Gasteiger partial charge >= 0.3 is 6.09 Å². The van der Waals surface area contributed by atoms with Gasteiger partial charge in [-0.1, -0.05) is 107 Å². The Morgan fingerprint density at radius 2 is 1.11 bits per heavy atom. The van der Waals surface area contributed by atoms with E-state index in [2.05, 4.69) is 29.8 Å². The molecule has 0 aromatic rings. The first-order valence-electron chi connectivity index (χ1n) is 11.7. The van der Waals surface area contributed by atoms with Crippen LogP contribution in [0.4, 0.5) is 4.79 Å². The summed E-state index contributed by atoms with van der Waals surface area (Å²) in [5.74, 6) is 0. The van der Waals surface area contributed by atoms with E-state index in [-0.39, 0.29) is 6.09 Å². The van der Waals surface area contributed by atoms with E-state index in [9.17, 15) is 4.79 Å². The molecule has 0 N–H and O–H groups in total. The van der Waals surface area contributed by atoms with Crippen molar-refractivity contribution in [3.05, 3.63) is 0 Å². The summed E-state index contributed by atoms with van der Waals surface area (Å²) < 4.78 is 5.55. The van der Waals surface area contributed by atoms with Crippen LogP contribution >= 0.6 is 15.9 Å². The van der Waals surface area contributed by atoms with Crippen LogP contribution in [0.2, 0.25) is 0 Å². The average molecular weight is 449 g/mol. The third kappa shape index (κ3) is 18.9. The molecule has 0 fully saturated rings. The Morgan fingerprint density at radius 1 is 0.667 bits per heavy atom. The van der Waals surface area contributed by atoms with Crippen molar-refractivity contribution < 1.29 is 9.53 Å². The minimum atomic E-state index is -0.0855. The second-order valence-corrected chi connectivity index (χ2v) is 8.53. The molecule has 0 aliphatic carbocycles. The molecule has 0 aliphatic rings. The molecular formula is C23H46BrNO2. The van der Waals surface area contributed by atoms with Crippen molar-refractivity contribution in [3.8, 4) is 0 Å². The highest BCUT2D eigenvalue weighted by Crippen LogP contribution is 2.10. The predicted octanol–water partition coefficient (Wildman–Crippen LogP) is 8.10. The molecule has 0 aromatic heterocycles. The summed E-state index contributed by atoms with van der Waals surface area (Å²) in [6, 6.07) is 0. The largest absolute Gasteiger partial charge is 0.449 e. The molecule has 0 unspecified atom stereocenters. The molecule has 0 heterocycles. The number of unbranched alkanes of at least 4 members (excludes halogenated alkanes) is 13. The Labute approximate surface area is 178 Å². The van der Waals surface area contributed by atoms with E-state index < -0.39 is 0 Å². The highest BCUT2D eigenvalue weighted by atomic mass is 79.9. The number of carbonyl (C=O) groups is 1. The minimum absolute atomic E-state index is 0.0855. The molecule has 162 valence electrons. The summed E-state index contributed by atoms with van der Waals surface area (Å²) in [7, 11) is 0. The van der Waals surface area contributed by atoms with Crippen LogP contribution in [0.25, 0.3) is 0 Å². The lowest BCUT2D eigenvalue weighted by Crippen LogP contribution is -2.33. The van der Waals surface area contributed by atoms with Crippen LogP contribution in [-0.4, -0.2) is 36.0 Å². The molecule has 3 nitrogen and oxygen atoms in total. The number of rotatable bonds is 20. The van der Waals surface area contributed by atoms with Crippen molar-refractivity contribution in [1.82, 2.24) is 4.90 Å². The molecule has 0 radical (unpaired) electrons. The number of nitrogens with zero attached hydrogens (tertiary/aromatic N) is 1. The molecule has 27 heavy (non-hydrogen) atoms. The fourth-order valence-electron chi connectivity index (χ4n) is 3.26. The fraction of sp³-hybridized carbons (Fsp3) is 0.957. The van der Waals surface area contributed by atoms with Crippen LogP contribution in [0.5, 0.6) is 0 Å². The second kappa shape index (κ2) is 22.0. The Bertz CT molecular complexity index is 297. The van der Waals surface area contributed by atoms with Gasteiger partial charge < -0.3 is 9.64 Å². The van der Waals surface area contributed by atoms with Gasteiger partial charge in [-0.25, -0.2) is 4.79 Å². The summed E-state index contributed by atoms with van der Waals surface area (Å²) in [6.45, 7) is 6.80. The number of alkyl halides is 1. The highest BCUT2D eigenvalue weighted by Gasteiger charge is 2.14. The monoisotopic (exact) mass is 447 g/mol. The van der Waals surface area contributed by atoms with Crippen LogP contribution < -0.4 is 0 Å². The van der Waals surface area contributed by atoms with Gasteiger partial charge in [0, 0.05) is 18.4 Å². The zero-order chi connectivity index (χ0) is 20.0. The lowest BCUT2D eigenvalue weighted by Gasteiger charge is -2.22. The molecule has 0 saturated heterocycles. The van der Waals surface area contributed by atoms with E-state index in [4.69, 9.17) is 4.74 Å². The zero-order valence-electron chi connectivity index (χ0n) is 18.3. The number of amides is 1. The van der Waals surface area contributed by atoms with E-state index >= 15 is 0 Å². The first kappa shape index (κ1) is 26.8. The first-order valence-corrected chi connectivity index (χ1v) is 12.9. The van der Waals surface area contributed by atoms with E-state index in [1.165, 1.54) is 77.0 Å². The van der Waals surface area contributed by atoms with Gasteiger partial charge in [-0.05, 0) is 25.7 Å². The third-order valence-electron chi connectivity index (χ3n) is 5.07. The smallest absolute Gasteiger partial charge is 0.409 e. The van der Waals surface area contributed by atoms with Crippen molar-refractivity contribution in [2.45, 2.75) is 117 Å². The summed E-state index contributed by atoms with van der Waals surface area (Å²) in [5.41, 5.74) is 0. The average Bonchev–Trinajstić information content (AvgIpc) is 2.68.